The molecule has 62 valence electrons. The van der Waals surface area contributed by atoms with E-state index in [0.29, 0.717) is 11.7 Å². The van der Waals surface area contributed by atoms with Crippen LogP contribution in [0.2, 0.25) is 0 Å². The number of pyridine rings is 1. The van der Waals surface area contributed by atoms with Gasteiger partial charge in [0.25, 0.3) is 0 Å². The van der Waals surface area contributed by atoms with E-state index in [-0.39, 0.29) is 5.92 Å². The third kappa shape index (κ3) is 1.24. The van der Waals surface area contributed by atoms with Crippen molar-refractivity contribution in [3.05, 3.63) is 30.1 Å². The van der Waals surface area contributed by atoms with Gasteiger partial charge in [0.2, 0.25) is 0 Å². The van der Waals surface area contributed by atoms with Crippen molar-refractivity contribution in [1.29, 1.82) is 0 Å². The van der Waals surface area contributed by atoms with Crippen LogP contribution in [-0.2, 0) is 4.79 Å². The van der Waals surface area contributed by atoms with Gasteiger partial charge in [0.1, 0.15) is 5.78 Å². The molecule has 12 heavy (non-hydrogen) atoms. The molecule has 2 unspecified atom stereocenters. The molecule has 1 fully saturated rings. The van der Waals surface area contributed by atoms with Crippen LogP contribution in [0.4, 0.5) is 0 Å². The molecule has 0 aromatic carbocycles. The molecule has 0 bridgehead atoms. The van der Waals surface area contributed by atoms with Crippen LogP contribution in [-0.4, -0.2) is 10.8 Å². The number of ketones is 1. The number of carbonyl (C=O) groups excluding carboxylic acids is 1. The zero-order valence-corrected chi connectivity index (χ0v) is 7.03. The summed E-state index contributed by atoms with van der Waals surface area (Å²) in [5.74, 6) is 1.08. The van der Waals surface area contributed by atoms with Crippen molar-refractivity contribution in [2.75, 3.05) is 0 Å². The summed E-state index contributed by atoms with van der Waals surface area (Å²) >= 11 is 0. The zero-order chi connectivity index (χ0) is 8.55. The van der Waals surface area contributed by atoms with Gasteiger partial charge in [-0.15, -0.1) is 0 Å². The summed E-state index contributed by atoms with van der Waals surface area (Å²) in [5, 5.41) is 0. The average Bonchev–Trinajstić information content (AvgIpc) is 2.84. The minimum absolute atomic E-state index is 0.285. The maximum absolute atomic E-state index is 11.0. The van der Waals surface area contributed by atoms with E-state index in [0.717, 1.165) is 6.42 Å². The number of nitrogens with zero attached hydrogens (tertiary/aromatic N) is 1. The van der Waals surface area contributed by atoms with Gasteiger partial charge in [0.15, 0.2) is 0 Å². The molecular formula is C10H11NO. The Morgan fingerprint density at radius 1 is 1.50 bits per heavy atom. The standard InChI is InChI=1S/C10H11NO/c1-7(12)9-6-10(9)8-2-4-11-5-3-8/h2-5,9-10H,6H2,1H3. The first-order chi connectivity index (χ1) is 5.79. The Morgan fingerprint density at radius 2 is 2.17 bits per heavy atom. The van der Waals surface area contributed by atoms with Crippen LogP contribution in [0.5, 0.6) is 0 Å². The lowest BCUT2D eigenvalue weighted by molar-refractivity contribution is -0.118. The molecule has 0 spiro atoms. The Balaban J connectivity index is 2.11. The lowest BCUT2D eigenvalue weighted by Gasteiger charge is -1.95. The fourth-order valence-electron chi connectivity index (χ4n) is 1.62. The van der Waals surface area contributed by atoms with Gasteiger partial charge >= 0.3 is 0 Å². The first-order valence-electron chi connectivity index (χ1n) is 4.19. The highest BCUT2D eigenvalue weighted by molar-refractivity contribution is 5.82. The molecule has 1 aliphatic rings. The van der Waals surface area contributed by atoms with E-state index >= 15 is 0 Å². The quantitative estimate of drug-likeness (QED) is 0.661. The number of rotatable bonds is 2. The lowest BCUT2D eigenvalue weighted by Crippen LogP contribution is -1.94. The van der Waals surface area contributed by atoms with Crippen molar-refractivity contribution in [3.63, 3.8) is 0 Å². The normalized spacial score (nSPS) is 26.8. The molecule has 2 heteroatoms. The summed E-state index contributed by atoms with van der Waals surface area (Å²) < 4.78 is 0. The van der Waals surface area contributed by atoms with E-state index in [2.05, 4.69) is 4.98 Å². The molecule has 0 amide bonds. The first-order valence-corrected chi connectivity index (χ1v) is 4.19. The Hall–Kier alpha value is -1.18. The molecule has 0 N–H and O–H groups in total. The molecule has 2 atom stereocenters. The maximum atomic E-state index is 11.0. The number of hydrogen-bond acceptors (Lipinski definition) is 2. The predicted molar refractivity (Wildman–Crippen MR) is 45.8 cm³/mol. The topological polar surface area (TPSA) is 30.0 Å². The van der Waals surface area contributed by atoms with Gasteiger partial charge in [-0.2, -0.15) is 0 Å². The second kappa shape index (κ2) is 2.70. The Kier molecular flexibility index (Phi) is 1.68. The van der Waals surface area contributed by atoms with Gasteiger partial charge in [0.05, 0.1) is 0 Å². The van der Waals surface area contributed by atoms with E-state index in [9.17, 15) is 4.79 Å². The Labute approximate surface area is 71.6 Å². The van der Waals surface area contributed by atoms with Gasteiger partial charge in [-0.1, -0.05) is 0 Å². The summed E-state index contributed by atoms with van der Waals surface area (Å²) in [7, 11) is 0. The number of aromatic nitrogens is 1. The second-order valence-corrected chi connectivity index (χ2v) is 3.34. The van der Waals surface area contributed by atoms with Gasteiger partial charge in [-0.05, 0) is 37.0 Å². The molecule has 1 heterocycles. The maximum Gasteiger partial charge on any atom is 0.133 e. The van der Waals surface area contributed by atoms with Gasteiger partial charge in [-0.3, -0.25) is 9.78 Å². The average molecular weight is 161 g/mol. The molecule has 1 saturated carbocycles. The summed E-state index contributed by atoms with van der Waals surface area (Å²) in [6, 6.07) is 3.99. The fourth-order valence-corrected chi connectivity index (χ4v) is 1.62. The van der Waals surface area contributed by atoms with Crippen molar-refractivity contribution < 1.29 is 4.79 Å². The van der Waals surface area contributed by atoms with Gasteiger partial charge in [0, 0.05) is 18.3 Å². The molecule has 2 nitrogen and oxygen atoms in total. The SMILES string of the molecule is CC(=O)C1CC1c1ccncc1. The molecule has 1 aromatic heterocycles. The van der Waals surface area contributed by atoms with Crippen LogP contribution in [0.25, 0.3) is 0 Å². The highest BCUT2D eigenvalue weighted by Crippen LogP contribution is 2.47. The van der Waals surface area contributed by atoms with Crippen molar-refractivity contribution in [2.45, 2.75) is 19.3 Å². The molecule has 0 radical (unpaired) electrons. The largest absolute Gasteiger partial charge is 0.300 e. The molecule has 2 rings (SSSR count). The summed E-state index contributed by atoms with van der Waals surface area (Å²) in [5.41, 5.74) is 1.25. The highest BCUT2D eigenvalue weighted by Gasteiger charge is 2.41. The van der Waals surface area contributed by atoms with Crippen molar-refractivity contribution >= 4 is 5.78 Å². The number of carbonyl (C=O) groups is 1. The van der Waals surface area contributed by atoms with E-state index in [1.807, 2.05) is 12.1 Å². The first kappa shape index (κ1) is 7.47. The third-order valence-corrected chi connectivity index (χ3v) is 2.45. The smallest absolute Gasteiger partial charge is 0.133 e. The predicted octanol–water partition coefficient (Wildman–Crippen LogP) is 1.77. The van der Waals surface area contributed by atoms with Crippen LogP contribution < -0.4 is 0 Å². The summed E-state index contributed by atoms with van der Waals surface area (Å²) in [6.45, 7) is 1.67. The molecular weight excluding hydrogens is 150 g/mol. The van der Waals surface area contributed by atoms with Crippen LogP contribution in [0, 0.1) is 5.92 Å². The van der Waals surface area contributed by atoms with Crippen molar-refractivity contribution in [1.82, 2.24) is 4.98 Å². The second-order valence-electron chi connectivity index (χ2n) is 3.34. The van der Waals surface area contributed by atoms with E-state index in [1.54, 1.807) is 19.3 Å². The van der Waals surface area contributed by atoms with Gasteiger partial charge in [-0.25, -0.2) is 0 Å². The van der Waals surface area contributed by atoms with Crippen LogP contribution in [0.3, 0.4) is 0 Å². The molecule has 1 aromatic rings. The lowest BCUT2D eigenvalue weighted by atomic mass is 10.1. The van der Waals surface area contributed by atoms with E-state index in [4.69, 9.17) is 0 Å². The van der Waals surface area contributed by atoms with Crippen LogP contribution in [0.15, 0.2) is 24.5 Å². The minimum atomic E-state index is 0.285. The van der Waals surface area contributed by atoms with Crippen LogP contribution in [0.1, 0.15) is 24.8 Å². The molecule has 0 aliphatic heterocycles. The Bertz CT molecular complexity index is 294. The fraction of sp³-hybridized carbons (Fsp3) is 0.400. The van der Waals surface area contributed by atoms with E-state index < -0.39 is 0 Å². The molecule has 0 saturated heterocycles. The molecule has 1 aliphatic carbocycles. The zero-order valence-electron chi connectivity index (χ0n) is 7.03. The third-order valence-electron chi connectivity index (χ3n) is 2.45. The van der Waals surface area contributed by atoms with Crippen molar-refractivity contribution in [2.24, 2.45) is 5.92 Å². The Morgan fingerprint density at radius 3 is 2.67 bits per heavy atom. The van der Waals surface area contributed by atoms with Crippen molar-refractivity contribution in [3.8, 4) is 0 Å². The monoisotopic (exact) mass is 161 g/mol. The van der Waals surface area contributed by atoms with Crippen LogP contribution >= 0.6 is 0 Å². The number of hydrogen-bond donors (Lipinski definition) is 0. The van der Waals surface area contributed by atoms with E-state index in [1.165, 1.54) is 5.56 Å². The summed E-state index contributed by atoms with van der Waals surface area (Å²) in [4.78, 5) is 14.9. The number of Topliss-reactive ketones (excluding diaryl/α,β-unsaturated/α-hetero) is 1. The summed E-state index contributed by atoms with van der Waals surface area (Å²) in [6.07, 6.45) is 4.59. The minimum Gasteiger partial charge on any atom is -0.300 e. The highest BCUT2D eigenvalue weighted by atomic mass is 16.1. The van der Waals surface area contributed by atoms with Gasteiger partial charge < -0.3 is 0 Å².